The Kier molecular flexibility index (Phi) is 3.92. The summed E-state index contributed by atoms with van der Waals surface area (Å²) in [5, 5.41) is 0. The zero-order chi connectivity index (χ0) is 13.1. The van der Waals surface area contributed by atoms with Crippen LogP contribution in [0, 0.1) is 19.7 Å². The van der Waals surface area contributed by atoms with Crippen molar-refractivity contribution in [2.75, 3.05) is 5.73 Å². The monoisotopic (exact) mass is 261 g/mol. The van der Waals surface area contributed by atoms with Crippen LogP contribution >= 0.6 is 11.8 Å². The molecule has 0 saturated carbocycles. The molecule has 2 aromatic rings. The second-order valence-corrected chi connectivity index (χ2v) is 5.43. The number of hydrogen-bond acceptors (Lipinski definition) is 2. The predicted octanol–water partition coefficient (Wildman–Crippen LogP) is 4.32. The third kappa shape index (κ3) is 3.05. The molecule has 0 aliphatic rings. The molecular formula is C15H16FNS. The maximum absolute atomic E-state index is 13.6. The first-order valence-electron chi connectivity index (χ1n) is 5.80. The topological polar surface area (TPSA) is 26.0 Å². The largest absolute Gasteiger partial charge is 0.399 e. The number of nitrogen functional groups attached to an aromatic ring is 1. The van der Waals surface area contributed by atoms with Gasteiger partial charge in [-0.25, -0.2) is 4.39 Å². The van der Waals surface area contributed by atoms with Gasteiger partial charge in [-0.1, -0.05) is 12.1 Å². The summed E-state index contributed by atoms with van der Waals surface area (Å²) >= 11 is 1.64. The minimum atomic E-state index is -0.230. The molecule has 3 heteroatoms. The van der Waals surface area contributed by atoms with Crippen LogP contribution in [0.15, 0.2) is 41.3 Å². The van der Waals surface area contributed by atoms with Gasteiger partial charge >= 0.3 is 0 Å². The molecule has 2 rings (SSSR count). The van der Waals surface area contributed by atoms with Gasteiger partial charge in [0.25, 0.3) is 0 Å². The zero-order valence-corrected chi connectivity index (χ0v) is 11.4. The van der Waals surface area contributed by atoms with Crippen molar-refractivity contribution in [3.63, 3.8) is 0 Å². The van der Waals surface area contributed by atoms with Crippen LogP contribution in [0.3, 0.4) is 0 Å². The number of aryl methyl sites for hydroxylation is 2. The fourth-order valence-corrected chi connectivity index (χ4v) is 2.63. The van der Waals surface area contributed by atoms with Crippen LogP contribution in [0.25, 0.3) is 0 Å². The van der Waals surface area contributed by atoms with Gasteiger partial charge in [-0.2, -0.15) is 0 Å². The number of nitrogens with two attached hydrogens (primary N) is 1. The third-order valence-electron chi connectivity index (χ3n) is 2.95. The van der Waals surface area contributed by atoms with Crippen LogP contribution < -0.4 is 5.73 Å². The average Bonchev–Trinajstić information content (AvgIpc) is 2.32. The Hall–Kier alpha value is -1.48. The zero-order valence-electron chi connectivity index (χ0n) is 10.5. The summed E-state index contributed by atoms with van der Waals surface area (Å²) < 4.78 is 13.6. The van der Waals surface area contributed by atoms with E-state index >= 15 is 0 Å². The molecule has 0 radical (unpaired) electrons. The molecule has 2 aromatic carbocycles. The smallest absolute Gasteiger partial charge is 0.129 e. The maximum atomic E-state index is 13.6. The summed E-state index contributed by atoms with van der Waals surface area (Å²) in [6.07, 6.45) is 0. The molecule has 0 aliphatic heterocycles. The molecule has 0 unspecified atom stereocenters. The number of thioether (sulfide) groups is 1. The summed E-state index contributed by atoms with van der Waals surface area (Å²) in [5.74, 6) is 0.389. The van der Waals surface area contributed by atoms with Crippen LogP contribution in [-0.4, -0.2) is 0 Å². The average molecular weight is 261 g/mol. The van der Waals surface area contributed by atoms with Crippen LogP contribution in [-0.2, 0) is 5.75 Å². The van der Waals surface area contributed by atoms with E-state index in [0.29, 0.717) is 17.0 Å². The summed E-state index contributed by atoms with van der Waals surface area (Å²) in [5.41, 5.74) is 9.21. The number of rotatable bonds is 3. The van der Waals surface area contributed by atoms with E-state index in [2.05, 4.69) is 32.0 Å². The van der Waals surface area contributed by atoms with E-state index in [-0.39, 0.29) is 5.82 Å². The number of halogens is 1. The Morgan fingerprint density at radius 2 is 1.83 bits per heavy atom. The first-order valence-corrected chi connectivity index (χ1v) is 6.79. The van der Waals surface area contributed by atoms with Gasteiger partial charge in [0.15, 0.2) is 0 Å². The minimum Gasteiger partial charge on any atom is -0.399 e. The highest BCUT2D eigenvalue weighted by molar-refractivity contribution is 7.98. The number of anilines is 1. The second kappa shape index (κ2) is 5.44. The lowest BCUT2D eigenvalue weighted by Gasteiger charge is -2.06. The SMILES string of the molecule is Cc1ccc(SCc2ccc(N)cc2F)cc1C. The summed E-state index contributed by atoms with van der Waals surface area (Å²) in [6, 6.07) is 11.2. The van der Waals surface area contributed by atoms with Crippen LogP contribution in [0.4, 0.5) is 10.1 Å². The Morgan fingerprint density at radius 1 is 1.06 bits per heavy atom. The van der Waals surface area contributed by atoms with E-state index < -0.39 is 0 Å². The van der Waals surface area contributed by atoms with Crippen LogP contribution in [0.5, 0.6) is 0 Å². The molecule has 0 heterocycles. The van der Waals surface area contributed by atoms with Crippen molar-refractivity contribution in [2.24, 2.45) is 0 Å². The van der Waals surface area contributed by atoms with Gasteiger partial charge in [0.05, 0.1) is 0 Å². The summed E-state index contributed by atoms with van der Waals surface area (Å²) in [6.45, 7) is 4.17. The highest BCUT2D eigenvalue weighted by atomic mass is 32.2. The quantitative estimate of drug-likeness (QED) is 0.658. The lowest BCUT2D eigenvalue weighted by atomic mass is 10.1. The molecule has 0 aromatic heterocycles. The molecule has 2 N–H and O–H groups in total. The minimum absolute atomic E-state index is 0.230. The highest BCUT2D eigenvalue weighted by Gasteiger charge is 2.04. The third-order valence-corrected chi connectivity index (χ3v) is 3.99. The lowest BCUT2D eigenvalue weighted by molar-refractivity contribution is 0.618. The van der Waals surface area contributed by atoms with Gasteiger partial charge in [0.1, 0.15) is 5.82 Å². The predicted molar refractivity (Wildman–Crippen MR) is 76.3 cm³/mol. The number of benzene rings is 2. The fourth-order valence-electron chi connectivity index (χ4n) is 1.65. The summed E-state index contributed by atoms with van der Waals surface area (Å²) in [7, 11) is 0. The van der Waals surface area contributed by atoms with E-state index in [4.69, 9.17) is 5.73 Å². The van der Waals surface area contributed by atoms with Crippen molar-refractivity contribution < 1.29 is 4.39 Å². The molecule has 0 spiro atoms. The van der Waals surface area contributed by atoms with Crippen LogP contribution in [0.1, 0.15) is 16.7 Å². The van der Waals surface area contributed by atoms with E-state index in [1.807, 2.05) is 0 Å². The van der Waals surface area contributed by atoms with E-state index in [9.17, 15) is 4.39 Å². The van der Waals surface area contributed by atoms with Crippen molar-refractivity contribution >= 4 is 17.4 Å². The lowest BCUT2D eigenvalue weighted by Crippen LogP contribution is -1.91. The molecule has 1 nitrogen and oxygen atoms in total. The molecule has 0 aliphatic carbocycles. The van der Waals surface area contributed by atoms with Gasteiger partial charge in [0, 0.05) is 16.3 Å². The molecule has 0 atom stereocenters. The normalized spacial score (nSPS) is 10.6. The van der Waals surface area contributed by atoms with E-state index in [1.165, 1.54) is 17.2 Å². The molecule has 0 saturated heterocycles. The van der Waals surface area contributed by atoms with Gasteiger partial charge in [-0.15, -0.1) is 11.8 Å². The van der Waals surface area contributed by atoms with Gasteiger partial charge in [0.2, 0.25) is 0 Å². The van der Waals surface area contributed by atoms with Gasteiger partial charge in [-0.05, 0) is 54.8 Å². The first kappa shape index (κ1) is 13.0. The van der Waals surface area contributed by atoms with E-state index in [0.717, 1.165) is 4.90 Å². The maximum Gasteiger partial charge on any atom is 0.129 e. The Bertz CT molecular complexity index is 566. The standard InChI is InChI=1S/C15H16FNS/c1-10-3-6-14(7-11(10)2)18-9-12-4-5-13(17)8-15(12)16/h3-8H,9,17H2,1-2H3. The fraction of sp³-hybridized carbons (Fsp3) is 0.200. The van der Waals surface area contributed by atoms with Crippen molar-refractivity contribution in [2.45, 2.75) is 24.5 Å². The van der Waals surface area contributed by atoms with Gasteiger partial charge < -0.3 is 5.73 Å². The molecule has 0 fully saturated rings. The molecule has 0 amide bonds. The first-order chi connectivity index (χ1) is 8.56. The van der Waals surface area contributed by atoms with Crippen LogP contribution in [0.2, 0.25) is 0 Å². The number of hydrogen-bond donors (Lipinski definition) is 1. The van der Waals surface area contributed by atoms with Crippen molar-refractivity contribution in [1.82, 2.24) is 0 Å². The van der Waals surface area contributed by atoms with Gasteiger partial charge in [-0.3, -0.25) is 0 Å². The van der Waals surface area contributed by atoms with Crippen molar-refractivity contribution in [3.8, 4) is 0 Å². The second-order valence-electron chi connectivity index (χ2n) is 4.39. The molecule has 0 bridgehead atoms. The summed E-state index contributed by atoms with van der Waals surface area (Å²) in [4.78, 5) is 1.16. The Balaban J connectivity index is 2.09. The van der Waals surface area contributed by atoms with Crippen molar-refractivity contribution in [3.05, 3.63) is 58.9 Å². The molecular weight excluding hydrogens is 245 g/mol. The van der Waals surface area contributed by atoms with E-state index in [1.54, 1.807) is 23.9 Å². The highest BCUT2D eigenvalue weighted by Crippen LogP contribution is 2.26. The molecule has 94 valence electrons. The Labute approximate surface area is 111 Å². The molecule has 18 heavy (non-hydrogen) atoms. The Morgan fingerprint density at radius 3 is 2.50 bits per heavy atom. The van der Waals surface area contributed by atoms with Crippen molar-refractivity contribution in [1.29, 1.82) is 0 Å².